The molecular weight excluding hydrogens is 374 g/mol. The van der Waals surface area contributed by atoms with Crippen molar-refractivity contribution < 1.29 is 32.6 Å². The van der Waals surface area contributed by atoms with Crippen LogP contribution in [0.3, 0.4) is 0 Å². The zero-order valence-electron chi connectivity index (χ0n) is 16.7. The Kier molecular flexibility index (Phi) is 6.69. The Morgan fingerprint density at radius 1 is 1.32 bits per heavy atom. The molecule has 7 nitrogen and oxygen atoms in total. The number of halogens is 2. The number of methoxy groups -OCH3 is 1. The second-order valence-electron chi connectivity index (χ2n) is 7.40. The third-order valence-electron chi connectivity index (χ3n) is 4.07. The molecule has 1 unspecified atom stereocenters. The first kappa shape index (κ1) is 21.7. The SMILES string of the molecule is CCOC(=O)c1cc(F)c(N2CCC(NC(=O)OC(C)(C)C)C2)c(OC)c1F. The molecule has 1 atom stereocenters. The lowest BCUT2D eigenvalue weighted by Gasteiger charge is -2.24. The zero-order valence-corrected chi connectivity index (χ0v) is 16.7. The van der Waals surface area contributed by atoms with Crippen molar-refractivity contribution >= 4 is 17.7 Å². The van der Waals surface area contributed by atoms with E-state index in [1.54, 1.807) is 32.6 Å². The number of benzene rings is 1. The number of hydrogen-bond acceptors (Lipinski definition) is 6. The van der Waals surface area contributed by atoms with Gasteiger partial charge in [-0.15, -0.1) is 0 Å². The standard InChI is InChI=1S/C19H26F2N2O5/c1-6-27-17(24)12-9-13(20)15(16(26-5)14(12)21)23-8-7-11(10-23)22-18(25)28-19(2,3)4/h9,11H,6-8,10H2,1-5H3,(H,22,25). The smallest absolute Gasteiger partial charge is 0.407 e. The summed E-state index contributed by atoms with van der Waals surface area (Å²) in [6.45, 7) is 7.47. The first-order valence-corrected chi connectivity index (χ1v) is 9.05. The number of nitrogens with one attached hydrogen (secondary N) is 1. The van der Waals surface area contributed by atoms with Crippen LogP contribution in [0.15, 0.2) is 6.07 Å². The van der Waals surface area contributed by atoms with Crippen LogP contribution in [0.5, 0.6) is 5.75 Å². The van der Waals surface area contributed by atoms with Gasteiger partial charge in [0.25, 0.3) is 0 Å². The highest BCUT2D eigenvalue weighted by atomic mass is 19.1. The highest BCUT2D eigenvalue weighted by Gasteiger charge is 2.32. The van der Waals surface area contributed by atoms with Gasteiger partial charge < -0.3 is 24.4 Å². The Morgan fingerprint density at radius 3 is 2.57 bits per heavy atom. The summed E-state index contributed by atoms with van der Waals surface area (Å²) >= 11 is 0. The molecule has 0 radical (unpaired) electrons. The van der Waals surface area contributed by atoms with Crippen LogP contribution in [0.1, 0.15) is 44.5 Å². The number of anilines is 1. The van der Waals surface area contributed by atoms with Crippen molar-refractivity contribution in [3.63, 3.8) is 0 Å². The lowest BCUT2D eigenvalue weighted by atomic mass is 10.1. The van der Waals surface area contributed by atoms with Gasteiger partial charge in [-0.25, -0.2) is 18.4 Å². The van der Waals surface area contributed by atoms with E-state index in [0.29, 0.717) is 13.0 Å². The number of alkyl carbamates (subject to hydrolysis) is 1. The summed E-state index contributed by atoms with van der Waals surface area (Å²) in [6, 6.07) is 0.506. The minimum Gasteiger partial charge on any atom is -0.491 e. The zero-order chi connectivity index (χ0) is 21.1. The van der Waals surface area contributed by atoms with Crippen molar-refractivity contribution in [3.05, 3.63) is 23.3 Å². The number of amides is 1. The molecule has 156 valence electrons. The van der Waals surface area contributed by atoms with E-state index in [4.69, 9.17) is 14.2 Å². The fourth-order valence-electron chi connectivity index (χ4n) is 2.99. The van der Waals surface area contributed by atoms with Crippen LogP contribution < -0.4 is 15.0 Å². The number of nitrogens with zero attached hydrogens (tertiary/aromatic N) is 1. The molecule has 1 aromatic carbocycles. The molecule has 28 heavy (non-hydrogen) atoms. The summed E-state index contributed by atoms with van der Waals surface area (Å²) in [7, 11) is 1.20. The van der Waals surface area contributed by atoms with Crippen LogP contribution in [0.4, 0.5) is 19.3 Å². The van der Waals surface area contributed by atoms with E-state index in [-0.39, 0.29) is 30.6 Å². The number of carbonyl (C=O) groups is 2. The van der Waals surface area contributed by atoms with E-state index in [2.05, 4.69) is 5.32 Å². The van der Waals surface area contributed by atoms with Crippen LogP contribution in [0.2, 0.25) is 0 Å². The monoisotopic (exact) mass is 400 g/mol. The Bertz CT molecular complexity index is 749. The second-order valence-corrected chi connectivity index (χ2v) is 7.40. The van der Waals surface area contributed by atoms with Crippen molar-refractivity contribution in [1.29, 1.82) is 0 Å². The van der Waals surface area contributed by atoms with Gasteiger partial charge in [-0.1, -0.05) is 0 Å². The number of hydrogen-bond donors (Lipinski definition) is 1. The maximum Gasteiger partial charge on any atom is 0.407 e. The Hall–Kier alpha value is -2.58. The van der Waals surface area contributed by atoms with Crippen LogP contribution in [0.25, 0.3) is 0 Å². The van der Waals surface area contributed by atoms with E-state index >= 15 is 0 Å². The van der Waals surface area contributed by atoms with Gasteiger partial charge in [0.15, 0.2) is 17.4 Å². The van der Waals surface area contributed by atoms with Gasteiger partial charge in [0.2, 0.25) is 0 Å². The maximum absolute atomic E-state index is 14.7. The average molecular weight is 400 g/mol. The molecule has 1 aliphatic heterocycles. The maximum atomic E-state index is 14.7. The topological polar surface area (TPSA) is 77.1 Å². The highest BCUT2D eigenvalue weighted by molar-refractivity contribution is 5.91. The summed E-state index contributed by atoms with van der Waals surface area (Å²) in [6.07, 6.45) is -0.0565. The van der Waals surface area contributed by atoms with Crippen molar-refractivity contribution in [1.82, 2.24) is 5.32 Å². The van der Waals surface area contributed by atoms with Crippen molar-refractivity contribution in [2.75, 3.05) is 31.7 Å². The molecular formula is C19H26F2N2O5. The summed E-state index contributed by atoms with van der Waals surface area (Å²) < 4.78 is 44.5. The van der Waals surface area contributed by atoms with Gasteiger partial charge in [-0.2, -0.15) is 0 Å². The summed E-state index contributed by atoms with van der Waals surface area (Å²) in [5, 5.41) is 2.72. The highest BCUT2D eigenvalue weighted by Crippen LogP contribution is 2.38. The van der Waals surface area contributed by atoms with Gasteiger partial charge in [-0.05, 0) is 40.2 Å². The van der Waals surface area contributed by atoms with Crippen LogP contribution >= 0.6 is 0 Å². The Morgan fingerprint density at radius 2 is 2.00 bits per heavy atom. The molecule has 1 heterocycles. The molecule has 0 bridgehead atoms. The third kappa shape index (κ3) is 5.02. The largest absolute Gasteiger partial charge is 0.491 e. The quantitative estimate of drug-likeness (QED) is 0.765. The third-order valence-corrected chi connectivity index (χ3v) is 4.07. The molecule has 1 N–H and O–H groups in total. The molecule has 0 spiro atoms. The molecule has 1 amide bonds. The van der Waals surface area contributed by atoms with Gasteiger partial charge in [0.05, 0.1) is 19.8 Å². The lowest BCUT2D eigenvalue weighted by Crippen LogP contribution is -2.40. The van der Waals surface area contributed by atoms with Crippen molar-refractivity contribution in [3.8, 4) is 5.75 Å². The number of rotatable bonds is 5. The predicted molar refractivity (Wildman–Crippen MR) is 98.9 cm³/mol. The van der Waals surface area contributed by atoms with Crippen LogP contribution in [-0.4, -0.2) is 50.5 Å². The minimum atomic E-state index is -0.985. The van der Waals surface area contributed by atoms with Gasteiger partial charge in [-0.3, -0.25) is 0 Å². The number of esters is 1. The average Bonchev–Trinajstić information content (AvgIpc) is 3.02. The van der Waals surface area contributed by atoms with Gasteiger partial charge in [0, 0.05) is 13.1 Å². The van der Waals surface area contributed by atoms with Crippen LogP contribution in [0, 0.1) is 11.6 Å². The Labute approximate surface area is 162 Å². The van der Waals surface area contributed by atoms with E-state index in [0.717, 1.165) is 6.07 Å². The first-order chi connectivity index (χ1) is 13.1. The van der Waals surface area contributed by atoms with Crippen molar-refractivity contribution in [2.45, 2.75) is 45.8 Å². The molecule has 2 rings (SSSR count). The molecule has 0 aromatic heterocycles. The number of ether oxygens (including phenoxy) is 3. The Balaban J connectivity index is 2.21. The molecule has 0 saturated carbocycles. The fraction of sp³-hybridized carbons (Fsp3) is 0.579. The lowest BCUT2D eigenvalue weighted by molar-refractivity contribution is 0.0502. The summed E-state index contributed by atoms with van der Waals surface area (Å²) in [4.78, 5) is 25.3. The van der Waals surface area contributed by atoms with E-state index in [9.17, 15) is 18.4 Å². The fourth-order valence-corrected chi connectivity index (χ4v) is 2.99. The molecule has 1 fully saturated rings. The molecule has 1 aromatic rings. The van der Waals surface area contributed by atoms with Gasteiger partial charge >= 0.3 is 12.1 Å². The van der Waals surface area contributed by atoms with E-state index < -0.39 is 34.9 Å². The van der Waals surface area contributed by atoms with E-state index in [1.807, 2.05) is 0 Å². The summed E-state index contributed by atoms with van der Waals surface area (Å²) in [5.41, 5.74) is -1.26. The van der Waals surface area contributed by atoms with E-state index in [1.165, 1.54) is 7.11 Å². The molecule has 1 saturated heterocycles. The van der Waals surface area contributed by atoms with Gasteiger partial charge in [0.1, 0.15) is 16.9 Å². The molecule has 1 aliphatic rings. The second kappa shape index (κ2) is 8.62. The summed E-state index contributed by atoms with van der Waals surface area (Å²) in [5.74, 6) is -3.13. The molecule has 0 aliphatic carbocycles. The minimum absolute atomic E-state index is 0.0358. The van der Waals surface area contributed by atoms with Crippen molar-refractivity contribution in [2.24, 2.45) is 0 Å². The normalized spacial score (nSPS) is 16.7. The number of carbonyl (C=O) groups excluding carboxylic acids is 2. The van der Waals surface area contributed by atoms with Crippen LogP contribution in [-0.2, 0) is 9.47 Å². The predicted octanol–water partition coefficient (Wildman–Crippen LogP) is 3.25. The first-order valence-electron chi connectivity index (χ1n) is 9.05. The molecule has 9 heteroatoms.